The molecule has 1 rings (SSSR count). The molecular formula is C6H9NO. The molecule has 44 valence electrons. The average Bonchev–Trinajstić information content (AvgIpc) is 1.90. The summed E-state index contributed by atoms with van der Waals surface area (Å²) < 4.78 is 0. The third-order valence-corrected chi connectivity index (χ3v) is 1.36. The molecule has 1 unspecified atom stereocenters. The third kappa shape index (κ3) is 1.15. The van der Waals surface area contributed by atoms with Crippen LogP contribution in [-0.4, -0.2) is 6.04 Å². The second-order valence-electron chi connectivity index (χ2n) is 2.03. The normalized spacial score (nSPS) is 27.8. The summed E-state index contributed by atoms with van der Waals surface area (Å²) in [6.45, 7) is 0. The summed E-state index contributed by atoms with van der Waals surface area (Å²) in [7, 11) is 0. The first-order chi connectivity index (χ1) is 3.93. The predicted octanol–water partition coefficient (Wildman–Crippen LogP) is 1.86. The fourth-order valence-corrected chi connectivity index (χ4v) is 0.882. The van der Waals surface area contributed by atoms with Crippen LogP contribution in [0.1, 0.15) is 19.3 Å². The minimum Gasteiger partial charge on any atom is -0.150 e. The number of allylic oxidation sites excluding steroid dienone is 1. The van der Waals surface area contributed by atoms with Gasteiger partial charge in [-0.2, -0.15) is 4.91 Å². The van der Waals surface area contributed by atoms with Crippen molar-refractivity contribution in [1.29, 1.82) is 0 Å². The van der Waals surface area contributed by atoms with Gasteiger partial charge in [-0.1, -0.05) is 17.3 Å². The molecule has 0 aromatic heterocycles. The largest absolute Gasteiger partial charge is 0.150 e. The Morgan fingerprint density at radius 1 is 1.62 bits per heavy atom. The zero-order valence-corrected chi connectivity index (χ0v) is 4.71. The number of nitrogens with zero attached hydrogens (tertiary/aromatic N) is 1. The first kappa shape index (κ1) is 5.48. The summed E-state index contributed by atoms with van der Waals surface area (Å²) >= 11 is 0. The summed E-state index contributed by atoms with van der Waals surface area (Å²) in [5, 5.41) is 2.91. The van der Waals surface area contributed by atoms with Crippen molar-refractivity contribution in [3.05, 3.63) is 17.1 Å². The van der Waals surface area contributed by atoms with Gasteiger partial charge in [-0.25, -0.2) is 0 Å². The maximum Gasteiger partial charge on any atom is 0.110 e. The molecule has 0 aromatic carbocycles. The van der Waals surface area contributed by atoms with Crippen molar-refractivity contribution in [3.8, 4) is 0 Å². The smallest absolute Gasteiger partial charge is 0.110 e. The fourth-order valence-electron chi connectivity index (χ4n) is 0.882. The van der Waals surface area contributed by atoms with Crippen LogP contribution in [0, 0.1) is 4.91 Å². The summed E-state index contributed by atoms with van der Waals surface area (Å²) in [5.74, 6) is 0. The van der Waals surface area contributed by atoms with Gasteiger partial charge in [0.05, 0.1) is 0 Å². The molecule has 1 aliphatic carbocycles. The van der Waals surface area contributed by atoms with Crippen LogP contribution in [0.2, 0.25) is 0 Å². The first-order valence-corrected chi connectivity index (χ1v) is 2.92. The van der Waals surface area contributed by atoms with E-state index in [1.807, 2.05) is 12.2 Å². The lowest BCUT2D eigenvalue weighted by molar-refractivity contribution is 0.644. The summed E-state index contributed by atoms with van der Waals surface area (Å²) in [4.78, 5) is 9.86. The van der Waals surface area contributed by atoms with E-state index in [4.69, 9.17) is 0 Å². The highest BCUT2D eigenvalue weighted by atomic mass is 16.3. The van der Waals surface area contributed by atoms with E-state index >= 15 is 0 Å². The molecule has 0 heterocycles. The lowest BCUT2D eigenvalue weighted by atomic mass is 10.0. The molecule has 0 fully saturated rings. The van der Waals surface area contributed by atoms with Gasteiger partial charge in [0, 0.05) is 0 Å². The Bertz CT molecular complexity index is 109. The van der Waals surface area contributed by atoms with Gasteiger partial charge in [-0.3, -0.25) is 0 Å². The van der Waals surface area contributed by atoms with Crippen molar-refractivity contribution in [2.45, 2.75) is 25.3 Å². The van der Waals surface area contributed by atoms with Crippen molar-refractivity contribution in [2.75, 3.05) is 0 Å². The molecule has 0 amide bonds. The zero-order valence-electron chi connectivity index (χ0n) is 4.71. The molecular weight excluding hydrogens is 102 g/mol. The van der Waals surface area contributed by atoms with Crippen molar-refractivity contribution in [1.82, 2.24) is 0 Å². The van der Waals surface area contributed by atoms with E-state index in [2.05, 4.69) is 5.18 Å². The molecule has 0 saturated carbocycles. The number of nitroso groups, excluding NO2 is 1. The molecule has 0 saturated heterocycles. The van der Waals surface area contributed by atoms with E-state index in [1.54, 1.807) is 0 Å². The summed E-state index contributed by atoms with van der Waals surface area (Å²) in [6.07, 6.45) is 7.09. The molecule has 0 bridgehead atoms. The van der Waals surface area contributed by atoms with Gasteiger partial charge in [0.25, 0.3) is 0 Å². The van der Waals surface area contributed by atoms with Crippen LogP contribution in [-0.2, 0) is 0 Å². The average molecular weight is 111 g/mol. The Labute approximate surface area is 48.6 Å². The van der Waals surface area contributed by atoms with Crippen LogP contribution in [0.3, 0.4) is 0 Å². The van der Waals surface area contributed by atoms with Crippen LogP contribution < -0.4 is 0 Å². The van der Waals surface area contributed by atoms with E-state index in [1.165, 1.54) is 0 Å². The van der Waals surface area contributed by atoms with Gasteiger partial charge in [0.1, 0.15) is 6.04 Å². The lowest BCUT2D eigenvalue weighted by Crippen LogP contribution is -2.01. The van der Waals surface area contributed by atoms with Gasteiger partial charge < -0.3 is 0 Å². The molecule has 2 heteroatoms. The van der Waals surface area contributed by atoms with Gasteiger partial charge in [-0.05, 0) is 19.3 Å². The van der Waals surface area contributed by atoms with Crippen molar-refractivity contribution in [2.24, 2.45) is 5.18 Å². The molecule has 0 N–H and O–H groups in total. The molecule has 0 aliphatic heterocycles. The molecule has 2 nitrogen and oxygen atoms in total. The van der Waals surface area contributed by atoms with E-state index in [0.717, 1.165) is 19.3 Å². The summed E-state index contributed by atoms with van der Waals surface area (Å²) in [5.41, 5.74) is 0. The van der Waals surface area contributed by atoms with E-state index in [9.17, 15) is 4.91 Å². The maximum absolute atomic E-state index is 9.86. The topological polar surface area (TPSA) is 29.4 Å². The molecule has 0 radical (unpaired) electrons. The predicted molar refractivity (Wildman–Crippen MR) is 32.6 cm³/mol. The van der Waals surface area contributed by atoms with Crippen LogP contribution in [0.4, 0.5) is 0 Å². The van der Waals surface area contributed by atoms with Crippen LogP contribution in [0.5, 0.6) is 0 Å². The minimum atomic E-state index is -0.0243. The van der Waals surface area contributed by atoms with Crippen molar-refractivity contribution >= 4 is 0 Å². The van der Waals surface area contributed by atoms with E-state index in [-0.39, 0.29) is 6.04 Å². The third-order valence-electron chi connectivity index (χ3n) is 1.36. The van der Waals surface area contributed by atoms with Crippen LogP contribution in [0.25, 0.3) is 0 Å². The molecule has 0 spiro atoms. The first-order valence-electron chi connectivity index (χ1n) is 2.92. The zero-order chi connectivity index (χ0) is 5.82. The number of hydrogen-bond acceptors (Lipinski definition) is 2. The fraction of sp³-hybridized carbons (Fsp3) is 0.667. The SMILES string of the molecule is O=NC1C=CCCC1. The molecule has 1 aliphatic rings. The Morgan fingerprint density at radius 2 is 2.50 bits per heavy atom. The standard InChI is InChI=1S/C6H9NO/c8-7-6-4-2-1-3-5-6/h2,4,6H,1,3,5H2. The Hall–Kier alpha value is -0.660. The number of rotatable bonds is 1. The molecule has 0 aromatic rings. The molecule has 8 heavy (non-hydrogen) atoms. The second kappa shape index (κ2) is 2.60. The maximum atomic E-state index is 9.86. The van der Waals surface area contributed by atoms with Crippen molar-refractivity contribution in [3.63, 3.8) is 0 Å². The Morgan fingerprint density at radius 3 is 2.88 bits per heavy atom. The second-order valence-corrected chi connectivity index (χ2v) is 2.03. The monoisotopic (exact) mass is 111 g/mol. The van der Waals surface area contributed by atoms with Crippen LogP contribution >= 0.6 is 0 Å². The highest BCUT2D eigenvalue weighted by molar-refractivity contribution is 4.96. The highest BCUT2D eigenvalue weighted by Gasteiger charge is 2.05. The van der Waals surface area contributed by atoms with Gasteiger partial charge in [-0.15, -0.1) is 0 Å². The van der Waals surface area contributed by atoms with Gasteiger partial charge >= 0.3 is 0 Å². The Balaban J connectivity index is 2.42. The Kier molecular flexibility index (Phi) is 1.78. The van der Waals surface area contributed by atoms with Crippen LogP contribution in [0.15, 0.2) is 17.3 Å². The highest BCUT2D eigenvalue weighted by Crippen LogP contribution is 2.12. The lowest BCUT2D eigenvalue weighted by Gasteiger charge is -2.05. The minimum absolute atomic E-state index is 0.0243. The summed E-state index contributed by atoms with van der Waals surface area (Å²) in [6, 6.07) is -0.0243. The van der Waals surface area contributed by atoms with E-state index < -0.39 is 0 Å². The van der Waals surface area contributed by atoms with Gasteiger partial charge in [0.2, 0.25) is 0 Å². The quantitative estimate of drug-likeness (QED) is 0.375. The van der Waals surface area contributed by atoms with Gasteiger partial charge in [0.15, 0.2) is 0 Å². The van der Waals surface area contributed by atoms with Crippen molar-refractivity contribution < 1.29 is 0 Å². The van der Waals surface area contributed by atoms with E-state index in [0.29, 0.717) is 0 Å². The number of hydrogen-bond donors (Lipinski definition) is 0. The molecule has 1 atom stereocenters.